The van der Waals surface area contributed by atoms with Crippen LogP contribution in [0.15, 0.2) is 60.7 Å². The Bertz CT molecular complexity index is 1290. The topological polar surface area (TPSA) is 61.7 Å². The molecule has 148 valence electrons. The van der Waals surface area contributed by atoms with Gasteiger partial charge in [0.05, 0.1) is 20.2 Å². The number of hydrogen-bond donors (Lipinski definition) is 1. The minimum atomic E-state index is -0.266. The van der Waals surface area contributed by atoms with Crippen LogP contribution in [0.4, 0.5) is 4.39 Å². The Morgan fingerprint density at radius 1 is 1.17 bits per heavy atom. The molecule has 4 rings (SSSR count). The van der Waals surface area contributed by atoms with Crippen molar-refractivity contribution in [2.75, 3.05) is 0 Å². The van der Waals surface area contributed by atoms with Gasteiger partial charge in [-0.05, 0) is 88.7 Å². The molecular weight excluding hydrogens is 492 g/mol. The second-order valence-electron chi connectivity index (χ2n) is 6.88. The molecule has 0 aliphatic rings. The highest BCUT2D eigenvalue weighted by Crippen LogP contribution is 2.26. The van der Waals surface area contributed by atoms with E-state index < -0.39 is 0 Å². The number of aryl methyl sites for hydroxylation is 1. The second kappa shape index (κ2) is 8.67. The fourth-order valence-corrected chi connectivity index (χ4v) is 3.73. The molecule has 1 heterocycles. The van der Waals surface area contributed by atoms with Crippen molar-refractivity contribution in [1.29, 1.82) is 5.26 Å². The standard InChI is InChI=1S/C24H17FIN3O/c1-15-2-8-21-22(10-15)29-24(28-21)18(13-27)11-17-5-9-23(20(26)12-17)30-14-16-3-6-19(25)7-4-16/h2-12H,14H2,1H3,(H,28,29)/b18-11-. The number of hydrogen-bond acceptors (Lipinski definition) is 3. The first-order valence-electron chi connectivity index (χ1n) is 9.27. The number of nitriles is 1. The largest absolute Gasteiger partial charge is 0.488 e. The zero-order chi connectivity index (χ0) is 21.1. The molecule has 0 aliphatic carbocycles. The van der Waals surface area contributed by atoms with Crippen LogP contribution in [0.25, 0.3) is 22.7 Å². The highest BCUT2D eigenvalue weighted by molar-refractivity contribution is 14.1. The lowest BCUT2D eigenvalue weighted by Gasteiger charge is -2.09. The van der Waals surface area contributed by atoms with Crippen LogP contribution in [-0.2, 0) is 6.61 Å². The zero-order valence-electron chi connectivity index (χ0n) is 16.1. The first-order valence-corrected chi connectivity index (χ1v) is 10.3. The number of imidazole rings is 1. The average Bonchev–Trinajstić information content (AvgIpc) is 3.15. The van der Waals surface area contributed by atoms with E-state index in [9.17, 15) is 9.65 Å². The molecule has 0 saturated carbocycles. The fourth-order valence-electron chi connectivity index (χ4n) is 3.04. The van der Waals surface area contributed by atoms with E-state index in [0.717, 1.165) is 37.0 Å². The van der Waals surface area contributed by atoms with Crippen LogP contribution in [-0.4, -0.2) is 9.97 Å². The Labute approximate surface area is 187 Å². The molecule has 3 aromatic carbocycles. The van der Waals surface area contributed by atoms with Crippen LogP contribution >= 0.6 is 22.6 Å². The molecule has 0 amide bonds. The first kappa shape index (κ1) is 20.1. The van der Waals surface area contributed by atoms with Crippen molar-refractivity contribution in [1.82, 2.24) is 9.97 Å². The van der Waals surface area contributed by atoms with Gasteiger partial charge in [0.25, 0.3) is 0 Å². The van der Waals surface area contributed by atoms with Crippen molar-refractivity contribution >= 4 is 45.3 Å². The first-order chi connectivity index (χ1) is 14.5. The van der Waals surface area contributed by atoms with Crippen LogP contribution in [0, 0.1) is 27.6 Å². The summed E-state index contributed by atoms with van der Waals surface area (Å²) in [5.74, 6) is 1.01. The number of ether oxygens (including phenoxy) is 1. The number of allylic oxidation sites excluding steroid dienone is 1. The predicted molar refractivity (Wildman–Crippen MR) is 124 cm³/mol. The molecule has 0 spiro atoms. The van der Waals surface area contributed by atoms with Gasteiger partial charge in [0, 0.05) is 0 Å². The zero-order valence-corrected chi connectivity index (χ0v) is 18.3. The number of aromatic nitrogens is 2. The normalized spacial score (nSPS) is 11.5. The molecule has 1 N–H and O–H groups in total. The van der Waals surface area contributed by atoms with Crippen LogP contribution in [0.5, 0.6) is 5.75 Å². The Morgan fingerprint density at radius 3 is 2.70 bits per heavy atom. The summed E-state index contributed by atoms with van der Waals surface area (Å²) in [5.41, 5.74) is 5.09. The monoisotopic (exact) mass is 509 g/mol. The minimum absolute atomic E-state index is 0.266. The number of nitrogens with zero attached hydrogens (tertiary/aromatic N) is 2. The summed E-state index contributed by atoms with van der Waals surface area (Å²) in [6.07, 6.45) is 1.80. The maximum absolute atomic E-state index is 13.0. The second-order valence-corrected chi connectivity index (χ2v) is 8.04. The van der Waals surface area contributed by atoms with Gasteiger partial charge in [0.15, 0.2) is 0 Å². The average molecular weight is 509 g/mol. The van der Waals surface area contributed by atoms with Crippen molar-refractivity contribution in [3.63, 3.8) is 0 Å². The van der Waals surface area contributed by atoms with Crippen molar-refractivity contribution in [2.45, 2.75) is 13.5 Å². The number of H-pyrrole nitrogens is 1. The maximum atomic E-state index is 13.0. The third kappa shape index (κ3) is 4.52. The van der Waals surface area contributed by atoms with Gasteiger partial charge in [-0.15, -0.1) is 0 Å². The quantitative estimate of drug-likeness (QED) is 0.255. The molecule has 4 nitrogen and oxygen atoms in total. The third-order valence-electron chi connectivity index (χ3n) is 4.59. The summed E-state index contributed by atoms with van der Waals surface area (Å²) >= 11 is 2.20. The Morgan fingerprint density at radius 2 is 1.97 bits per heavy atom. The van der Waals surface area contributed by atoms with Gasteiger partial charge in [-0.25, -0.2) is 9.37 Å². The fraction of sp³-hybridized carbons (Fsp3) is 0.0833. The SMILES string of the molecule is Cc1ccc2nc(/C(C#N)=C\c3ccc(OCc4ccc(F)cc4)c(I)c3)[nH]c2c1. The highest BCUT2D eigenvalue weighted by Gasteiger charge is 2.09. The van der Waals surface area contributed by atoms with Crippen molar-refractivity contribution in [3.05, 3.63) is 92.6 Å². The molecule has 4 aromatic rings. The lowest BCUT2D eigenvalue weighted by molar-refractivity contribution is 0.304. The number of nitrogens with one attached hydrogen (secondary N) is 1. The van der Waals surface area contributed by atoms with Crippen molar-refractivity contribution in [3.8, 4) is 11.8 Å². The summed E-state index contributed by atoms with van der Waals surface area (Å²) in [6.45, 7) is 2.37. The summed E-state index contributed by atoms with van der Waals surface area (Å²) in [7, 11) is 0. The van der Waals surface area contributed by atoms with E-state index in [0.29, 0.717) is 18.0 Å². The summed E-state index contributed by atoms with van der Waals surface area (Å²) < 4.78 is 19.8. The van der Waals surface area contributed by atoms with E-state index in [1.54, 1.807) is 18.2 Å². The number of aromatic amines is 1. The number of benzene rings is 3. The van der Waals surface area contributed by atoms with E-state index in [2.05, 4.69) is 38.6 Å². The summed E-state index contributed by atoms with van der Waals surface area (Å²) in [6, 6.07) is 20.1. The summed E-state index contributed by atoms with van der Waals surface area (Å²) in [5, 5.41) is 9.64. The minimum Gasteiger partial charge on any atom is -0.488 e. The Balaban J connectivity index is 1.55. The molecule has 0 saturated heterocycles. The molecule has 1 aromatic heterocycles. The molecule has 0 fully saturated rings. The lowest BCUT2D eigenvalue weighted by Crippen LogP contribution is -1.97. The van der Waals surface area contributed by atoms with Crippen LogP contribution < -0.4 is 4.74 Å². The molecule has 0 unspecified atom stereocenters. The van der Waals surface area contributed by atoms with Crippen LogP contribution in [0.1, 0.15) is 22.5 Å². The Hall–Kier alpha value is -3.18. The van der Waals surface area contributed by atoms with Crippen molar-refractivity contribution < 1.29 is 9.13 Å². The van der Waals surface area contributed by atoms with Gasteiger partial charge >= 0.3 is 0 Å². The van der Waals surface area contributed by atoms with E-state index in [1.165, 1.54) is 12.1 Å². The highest BCUT2D eigenvalue weighted by atomic mass is 127. The van der Waals surface area contributed by atoms with Gasteiger partial charge in [-0.2, -0.15) is 5.26 Å². The van der Waals surface area contributed by atoms with Gasteiger partial charge < -0.3 is 9.72 Å². The van der Waals surface area contributed by atoms with Gasteiger partial charge in [0.2, 0.25) is 0 Å². The van der Waals surface area contributed by atoms with E-state index in [1.807, 2.05) is 43.3 Å². The number of fused-ring (bicyclic) bond motifs is 1. The van der Waals surface area contributed by atoms with Crippen LogP contribution in [0.3, 0.4) is 0 Å². The van der Waals surface area contributed by atoms with Crippen molar-refractivity contribution in [2.24, 2.45) is 0 Å². The third-order valence-corrected chi connectivity index (χ3v) is 5.43. The molecule has 30 heavy (non-hydrogen) atoms. The van der Waals surface area contributed by atoms with Gasteiger partial charge in [0.1, 0.15) is 30.1 Å². The number of rotatable bonds is 5. The van der Waals surface area contributed by atoms with E-state index in [-0.39, 0.29) is 5.82 Å². The molecule has 6 heteroatoms. The molecule has 0 radical (unpaired) electrons. The summed E-state index contributed by atoms with van der Waals surface area (Å²) in [4.78, 5) is 7.75. The van der Waals surface area contributed by atoms with Gasteiger partial charge in [-0.3, -0.25) is 0 Å². The van der Waals surface area contributed by atoms with E-state index >= 15 is 0 Å². The molecular formula is C24H17FIN3O. The van der Waals surface area contributed by atoms with Crippen LogP contribution in [0.2, 0.25) is 0 Å². The Kier molecular flexibility index (Phi) is 5.81. The lowest BCUT2D eigenvalue weighted by atomic mass is 10.1. The molecule has 0 aliphatic heterocycles. The molecule has 0 bridgehead atoms. The van der Waals surface area contributed by atoms with E-state index in [4.69, 9.17) is 4.74 Å². The predicted octanol–water partition coefficient (Wildman–Crippen LogP) is 6.26. The maximum Gasteiger partial charge on any atom is 0.149 e. The molecule has 0 atom stereocenters. The number of halogens is 2. The smallest absolute Gasteiger partial charge is 0.149 e. The van der Waals surface area contributed by atoms with Gasteiger partial charge in [-0.1, -0.05) is 24.3 Å².